The molecular formula is C15H15N3O3. The highest BCUT2D eigenvalue weighted by Crippen LogP contribution is 2.35. The van der Waals surface area contributed by atoms with Gasteiger partial charge in [-0.05, 0) is 37.1 Å². The van der Waals surface area contributed by atoms with Crippen molar-refractivity contribution in [3.63, 3.8) is 0 Å². The van der Waals surface area contributed by atoms with Gasteiger partial charge in [0.1, 0.15) is 11.6 Å². The van der Waals surface area contributed by atoms with Gasteiger partial charge < -0.3 is 10.5 Å². The molecule has 2 aromatic rings. The molecule has 0 aliphatic heterocycles. The second-order valence-corrected chi connectivity index (χ2v) is 4.70. The first-order valence-electron chi connectivity index (χ1n) is 6.27. The molecule has 0 radical (unpaired) electrons. The number of amidine groups is 1. The topological polar surface area (TPSA) is 102 Å². The second-order valence-electron chi connectivity index (χ2n) is 4.70. The summed E-state index contributed by atoms with van der Waals surface area (Å²) in [5.41, 5.74) is 7.35. The Morgan fingerprint density at radius 2 is 2.00 bits per heavy atom. The van der Waals surface area contributed by atoms with Crippen LogP contribution in [-0.2, 0) is 0 Å². The Bertz CT molecular complexity index is 726. The highest BCUT2D eigenvalue weighted by atomic mass is 16.6. The van der Waals surface area contributed by atoms with E-state index in [1.165, 1.54) is 6.07 Å². The molecule has 6 heteroatoms. The van der Waals surface area contributed by atoms with Crippen molar-refractivity contribution in [1.29, 1.82) is 5.41 Å². The fourth-order valence-corrected chi connectivity index (χ4v) is 1.96. The molecule has 3 N–H and O–H groups in total. The number of nitrogens with zero attached hydrogens (tertiary/aromatic N) is 1. The quantitative estimate of drug-likeness (QED) is 0.389. The molecule has 0 saturated heterocycles. The van der Waals surface area contributed by atoms with Crippen molar-refractivity contribution in [2.45, 2.75) is 13.8 Å². The van der Waals surface area contributed by atoms with Crippen molar-refractivity contribution in [3.8, 4) is 11.5 Å². The fraction of sp³-hybridized carbons (Fsp3) is 0.133. The van der Waals surface area contributed by atoms with Gasteiger partial charge in [0.05, 0.1) is 10.5 Å². The van der Waals surface area contributed by atoms with Gasteiger partial charge in [0.15, 0.2) is 0 Å². The molecule has 0 spiro atoms. The molecule has 0 heterocycles. The Kier molecular flexibility index (Phi) is 3.89. The van der Waals surface area contributed by atoms with Gasteiger partial charge in [0, 0.05) is 6.07 Å². The van der Waals surface area contributed by atoms with Crippen LogP contribution in [-0.4, -0.2) is 10.8 Å². The third-order valence-corrected chi connectivity index (χ3v) is 3.03. The third kappa shape index (κ3) is 3.00. The third-order valence-electron chi connectivity index (χ3n) is 3.03. The average Bonchev–Trinajstić information content (AvgIpc) is 2.40. The van der Waals surface area contributed by atoms with Crippen LogP contribution >= 0.6 is 0 Å². The highest BCUT2D eigenvalue weighted by Gasteiger charge is 2.19. The molecule has 21 heavy (non-hydrogen) atoms. The normalized spacial score (nSPS) is 10.2. The van der Waals surface area contributed by atoms with Crippen LogP contribution in [0.2, 0.25) is 0 Å². The lowest BCUT2D eigenvalue weighted by molar-refractivity contribution is -0.385. The fourth-order valence-electron chi connectivity index (χ4n) is 1.96. The Balaban J connectivity index is 2.55. The SMILES string of the molecule is Cc1ccc(C(=N)N)c(Oc2c(C)cccc2[N+](=O)[O-])c1. The first-order valence-corrected chi connectivity index (χ1v) is 6.27. The molecule has 0 aliphatic carbocycles. The van der Waals surface area contributed by atoms with Crippen LogP contribution in [0.15, 0.2) is 36.4 Å². The summed E-state index contributed by atoms with van der Waals surface area (Å²) in [6.45, 7) is 3.59. The van der Waals surface area contributed by atoms with Crippen LogP contribution < -0.4 is 10.5 Å². The van der Waals surface area contributed by atoms with Crippen molar-refractivity contribution < 1.29 is 9.66 Å². The Hall–Kier alpha value is -2.89. The van der Waals surface area contributed by atoms with Crippen molar-refractivity contribution >= 4 is 11.5 Å². The van der Waals surface area contributed by atoms with E-state index in [0.717, 1.165) is 5.56 Å². The molecule has 0 aliphatic rings. The first kappa shape index (κ1) is 14.5. The van der Waals surface area contributed by atoms with Crippen LogP contribution in [0.3, 0.4) is 0 Å². The van der Waals surface area contributed by atoms with E-state index < -0.39 is 4.92 Å². The minimum atomic E-state index is -0.494. The molecule has 0 aromatic heterocycles. The minimum absolute atomic E-state index is 0.119. The summed E-state index contributed by atoms with van der Waals surface area (Å²) < 4.78 is 5.71. The van der Waals surface area contributed by atoms with Crippen molar-refractivity contribution in [3.05, 3.63) is 63.2 Å². The van der Waals surface area contributed by atoms with Gasteiger partial charge in [-0.25, -0.2) is 0 Å². The monoisotopic (exact) mass is 285 g/mol. The maximum absolute atomic E-state index is 11.1. The number of benzene rings is 2. The summed E-state index contributed by atoms with van der Waals surface area (Å²) in [5, 5.41) is 18.7. The van der Waals surface area contributed by atoms with E-state index in [4.69, 9.17) is 15.9 Å². The smallest absolute Gasteiger partial charge is 0.311 e. The van der Waals surface area contributed by atoms with Crippen molar-refractivity contribution in [1.82, 2.24) is 0 Å². The number of nitrogens with one attached hydrogen (secondary N) is 1. The van der Waals surface area contributed by atoms with E-state index in [0.29, 0.717) is 16.9 Å². The van der Waals surface area contributed by atoms with Gasteiger partial charge in [-0.1, -0.05) is 18.2 Å². The largest absolute Gasteiger partial charge is 0.449 e. The number of ether oxygens (including phenoxy) is 1. The molecule has 6 nitrogen and oxygen atoms in total. The van der Waals surface area contributed by atoms with Gasteiger partial charge in [-0.15, -0.1) is 0 Å². The number of nitrogens with two attached hydrogens (primary N) is 1. The van der Waals surface area contributed by atoms with Gasteiger partial charge in [0.25, 0.3) is 0 Å². The number of hydrogen-bond acceptors (Lipinski definition) is 4. The zero-order valence-corrected chi connectivity index (χ0v) is 11.7. The number of hydrogen-bond donors (Lipinski definition) is 2. The Morgan fingerprint density at radius 1 is 1.29 bits per heavy atom. The summed E-state index contributed by atoms with van der Waals surface area (Å²) in [6, 6.07) is 9.87. The maximum atomic E-state index is 11.1. The van der Waals surface area contributed by atoms with Crippen molar-refractivity contribution in [2.24, 2.45) is 5.73 Å². The molecule has 0 bridgehead atoms. The second kappa shape index (κ2) is 5.62. The summed E-state index contributed by atoms with van der Waals surface area (Å²) in [7, 11) is 0. The number of rotatable bonds is 4. The summed E-state index contributed by atoms with van der Waals surface area (Å²) in [4.78, 5) is 10.6. The lowest BCUT2D eigenvalue weighted by atomic mass is 10.1. The molecule has 0 atom stereocenters. The van der Waals surface area contributed by atoms with Crippen LogP contribution in [0, 0.1) is 29.4 Å². The lowest BCUT2D eigenvalue weighted by Gasteiger charge is -2.13. The van der Waals surface area contributed by atoms with Crippen LogP contribution in [0.4, 0.5) is 5.69 Å². The van der Waals surface area contributed by atoms with E-state index in [2.05, 4.69) is 0 Å². The number of nitro benzene ring substituents is 1. The summed E-state index contributed by atoms with van der Waals surface area (Å²) in [5.74, 6) is 0.344. The number of nitrogen functional groups attached to an aromatic ring is 1. The number of aryl methyl sites for hydroxylation is 2. The lowest BCUT2D eigenvalue weighted by Crippen LogP contribution is -2.12. The molecule has 0 fully saturated rings. The van der Waals surface area contributed by atoms with Crippen LogP contribution in [0.1, 0.15) is 16.7 Å². The maximum Gasteiger partial charge on any atom is 0.311 e. The highest BCUT2D eigenvalue weighted by molar-refractivity contribution is 5.97. The van der Waals surface area contributed by atoms with Gasteiger partial charge in [-0.2, -0.15) is 0 Å². The molecule has 0 saturated carbocycles. The van der Waals surface area contributed by atoms with Gasteiger partial charge in [-0.3, -0.25) is 15.5 Å². The zero-order valence-electron chi connectivity index (χ0n) is 11.7. The molecular weight excluding hydrogens is 270 g/mol. The van der Waals surface area contributed by atoms with Gasteiger partial charge >= 0.3 is 5.69 Å². The minimum Gasteiger partial charge on any atom is -0.449 e. The van der Waals surface area contributed by atoms with Crippen LogP contribution in [0.5, 0.6) is 11.5 Å². The predicted octanol–water partition coefficient (Wildman–Crippen LogP) is 3.29. The summed E-state index contributed by atoms with van der Waals surface area (Å²) in [6.07, 6.45) is 0. The van der Waals surface area contributed by atoms with Crippen LogP contribution in [0.25, 0.3) is 0 Å². The Morgan fingerprint density at radius 3 is 2.62 bits per heavy atom. The van der Waals surface area contributed by atoms with E-state index in [9.17, 15) is 10.1 Å². The standard InChI is InChI=1S/C15H15N3O3/c1-9-6-7-11(15(16)17)13(8-9)21-14-10(2)4-3-5-12(14)18(19)20/h3-8H,1-2H3,(H3,16,17). The molecule has 108 valence electrons. The molecule has 2 aromatic carbocycles. The molecule has 0 unspecified atom stereocenters. The summed E-state index contributed by atoms with van der Waals surface area (Å²) >= 11 is 0. The van der Waals surface area contributed by atoms with Crippen molar-refractivity contribution in [2.75, 3.05) is 0 Å². The molecule has 2 rings (SSSR count). The van der Waals surface area contributed by atoms with E-state index in [1.54, 1.807) is 37.3 Å². The van der Waals surface area contributed by atoms with E-state index in [-0.39, 0.29) is 17.3 Å². The first-order chi connectivity index (χ1) is 9.90. The Labute approximate surface area is 121 Å². The number of nitro groups is 1. The van der Waals surface area contributed by atoms with Gasteiger partial charge in [0.2, 0.25) is 5.75 Å². The zero-order chi connectivity index (χ0) is 15.6. The van der Waals surface area contributed by atoms with E-state index in [1.807, 2.05) is 6.92 Å². The van der Waals surface area contributed by atoms with E-state index >= 15 is 0 Å². The number of para-hydroxylation sites is 1. The predicted molar refractivity (Wildman–Crippen MR) is 80.1 cm³/mol. The molecule has 0 amide bonds. The average molecular weight is 285 g/mol.